The molecule has 166 valence electrons. The van der Waals surface area contributed by atoms with E-state index in [2.05, 4.69) is 20.8 Å². The first-order valence-electron chi connectivity index (χ1n) is 10.7. The van der Waals surface area contributed by atoms with Crippen LogP contribution in [0.4, 0.5) is 16.2 Å². The highest BCUT2D eigenvalue weighted by Gasteiger charge is 2.28. The van der Waals surface area contributed by atoms with Gasteiger partial charge in [0.1, 0.15) is 5.01 Å². The Bertz CT molecular complexity index is 1130. The maximum absolute atomic E-state index is 12.9. The first-order valence-corrected chi connectivity index (χ1v) is 11.6. The van der Waals surface area contributed by atoms with Crippen molar-refractivity contribution in [1.82, 2.24) is 15.1 Å². The van der Waals surface area contributed by atoms with Crippen LogP contribution in [0.1, 0.15) is 50.3 Å². The van der Waals surface area contributed by atoms with Gasteiger partial charge in [-0.3, -0.25) is 4.79 Å². The second kappa shape index (κ2) is 9.48. The summed E-state index contributed by atoms with van der Waals surface area (Å²) in [6.07, 6.45) is 1.80. The number of nitrogens with zero attached hydrogens (tertiary/aromatic N) is 3. The van der Waals surface area contributed by atoms with Crippen molar-refractivity contribution in [3.05, 3.63) is 69.2 Å². The van der Waals surface area contributed by atoms with Gasteiger partial charge < -0.3 is 15.5 Å². The van der Waals surface area contributed by atoms with Crippen molar-refractivity contribution >= 4 is 34.6 Å². The lowest BCUT2D eigenvalue weighted by Crippen LogP contribution is -2.41. The monoisotopic (exact) mass is 449 g/mol. The molecular formula is C24H27N5O2S. The van der Waals surface area contributed by atoms with Crippen molar-refractivity contribution in [1.29, 1.82) is 0 Å². The number of hydrogen-bond acceptors (Lipinski definition) is 5. The summed E-state index contributed by atoms with van der Waals surface area (Å²) in [4.78, 5) is 27.2. The number of urea groups is 1. The normalized spacial score (nSPS) is 16.0. The Labute approximate surface area is 191 Å². The Kier molecular flexibility index (Phi) is 6.50. The first kappa shape index (κ1) is 22.0. The summed E-state index contributed by atoms with van der Waals surface area (Å²) >= 11 is 1.30. The van der Waals surface area contributed by atoms with Crippen LogP contribution >= 0.6 is 11.3 Å². The van der Waals surface area contributed by atoms with Gasteiger partial charge in [-0.1, -0.05) is 41.2 Å². The first-order chi connectivity index (χ1) is 15.4. The van der Waals surface area contributed by atoms with Crippen LogP contribution in [0.25, 0.3) is 0 Å². The Morgan fingerprint density at radius 1 is 1.03 bits per heavy atom. The van der Waals surface area contributed by atoms with Gasteiger partial charge in [-0.2, -0.15) is 0 Å². The predicted octanol–water partition coefficient (Wildman–Crippen LogP) is 5.13. The summed E-state index contributed by atoms with van der Waals surface area (Å²) in [5.74, 6) is -0.190. The number of aryl methyl sites for hydroxylation is 2. The highest BCUT2D eigenvalue weighted by Crippen LogP contribution is 2.30. The average molecular weight is 450 g/mol. The molecule has 1 aromatic heterocycles. The average Bonchev–Trinajstić information content (AvgIpc) is 3.29. The molecule has 2 N–H and O–H groups in total. The van der Waals surface area contributed by atoms with Crippen LogP contribution in [0.2, 0.25) is 0 Å². The Hall–Kier alpha value is -3.26. The fraction of sp³-hybridized carbons (Fsp3) is 0.333. The lowest BCUT2D eigenvalue weighted by atomic mass is 9.99. The van der Waals surface area contributed by atoms with Crippen molar-refractivity contribution in [3.8, 4) is 0 Å². The van der Waals surface area contributed by atoms with Gasteiger partial charge in [0.2, 0.25) is 5.01 Å². The van der Waals surface area contributed by atoms with Crippen LogP contribution < -0.4 is 10.6 Å². The third kappa shape index (κ3) is 4.96. The minimum absolute atomic E-state index is 0.0755. The molecule has 2 aromatic carbocycles. The second-order valence-electron chi connectivity index (χ2n) is 8.23. The molecule has 1 aliphatic rings. The van der Waals surface area contributed by atoms with E-state index in [0.717, 1.165) is 45.9 Å². The predicted molar refractivity (Wildman–Crippen MR) is 128 cm³/mol. The number of likely N-dealkylation sites (tertiary alicyclic amines) is 1. The highest BCUT2D eigenvalue weighted by atomic mass is 32.1. The van der Waals surface area contributed by atoms with Crippen molar-refractivity contribution < 1.29 is 9.59 Å². The van der Waals surface area contributed by atoms with Crippen LogP contribution in [-0.4, -0.2) is 40.1 Å². The maximum atomic E-state index is 12.9. The summed E-state index contributed by atoms with van der Waals surface area (Å²) in [7, 11) is 0. The summed E-state index contributed by atoms with van der Waals surface area (Å²) in [5, 5.41) is 15.4. The molecule has 0 bridgehead atoms. The zero-order valence-corrected chi connectivity index (χ0v) is 19.3. The fourth-order valence-electron chi connectivity index (χ4n) is 3.76. The topological polar surface area (TPSA) is 87.2 Å². The van der Waals surface area contributed by atoms with E-state index in [-0.39, 0.29) is 17.9 Å². The van der Waals surface area contributed by atoms with Crippen molar-refractivity contribution in [2.24, 2.45) is 0 Å². The molecule has 0 spiro atoms. The largest absolute Gasteiger partial charge is 0.324 e. The maximum Gasteiger partial charge on any atom is 0.321 e. The molecular weight excluding hydrogens is 422 g/mol. The Balaban J connectivity index is 1.39. The van der Waals surface area contributed by atoms with Gasteiger partial charge in [-0.05, 0) is 62.9 Å². The van der Waals surface area contributed by atoms with Crippen molar-refractivity contribution in [2.45, 2.75) is 39.5 Å². The number of nitrogens with one attached hydrogen (secondary N) is 2. The number of aromatic nitrogens is 2. The molecule has 2 heterocycles. The molecule has 32 heavy (non-hydrogen) atoms. The molecule has 0 saturated carbocycles. The standard InChI is InChI=1S/C24H27N5O2S/c1-15-9-11-19(12-10-15)25-21(30)23-28-27-22(32-23)18-7-5-13-29(14-18)24(31)26-20-8-4-6-16(2)17(20)3/h4,6,8-12,18H,5,7,13-14H2,1-3H3,(H,25,30)(H,26,31)/t18-/m1/s1. The molecule has 1 saturated heterocycles. The summed E-state index contributed by atoms with van der Waals surface area (Å²) in [6.45, 7) is 7.30. The molecule has 1 fully saturated rings. The lowest BCUT2D eigenvalue weighted by Gasteiger charge is -2.31. The van der Waals surface area contributed by atoms with Crippen LogP contribution in [0.5, 0.6) is 0 Å². The van der Waals surface area contributed by atoms with Crippen LogP contribution in [-0.2, 0) is 0 Å². The summed E-state index contributed by atoms with van der Waals surface area (Å²) < 4.78 is 0. The SMILES string of the molecule is Cc1ccc(NC(=O)c2nnc([C@@H]3CCCN(C(=O)Nc4cccc(C)c4C)C3)s2)cc1. The van der Waals surface area contributed by atoms with Gasteiger partial charge in [-0.25, -0.2) is 4.79 Å². The molecule has 0 unspecified atom stereocenters. The molecule has 1 atom stereocenters. The Morgan fingerprint density at radius 2 is 1.81 bits per heavy atom. The molecule has 3 aromatic rings. The van der Waals surface area contributed by atoms with Gasteiger partial charge >= 0.3 is 6.03 Å². The van der Waals surface area contributed by atoms with E-state index < -0.39 is 0 Å². The zero-order chi connectivity index (χ0) is 22.7. The molecule has 4 rings (SSSR count). The van der Waals surface area contributed by atoms with Gasteiger partial charge in [0.25, 0.3) is 5.91 Å². The quantitative estimate of drug-likeness (QED) is 0.578. The number of amides is 3. The smallest absolute Gasteiger partial charge is 0.321 e. The third-order valence-corrected chi connectivity index (χ3v) is 6.93. The van der Waals surface area contributed by atoms with Gasteiger partial charge in [-0.15, -0.1) is 10.2 Å². The van der Waals surface area contributed by atoms with Gasteiger partial charge in [0.15, 0.2) is 0 Å². The van der Waals surface area contributed by atoms with E-state index in [0.29, 0.717) is 18.1 Å². The lowest BCUT2D eigenvalue weighted by molar-refractivity contribution is 0.102. The van der Waals surface area contributed by atoms with Crippen LogP contribution in [0.3, 0.4) is 0 Å². The number of benzene rings is 2. The highest BCUT2D eigenvalue weighted by molar-refractivity contribution is 7.13. The van der Waals surface area contributed by atoms with E-state index in [1.165, 1.54) is 11.3 Å². The molecule has 3 amide bonds. The summed E-state index contributed by atoms with van der Waals surface area (Å²) in [6, 6.07) is 13.4. The molecule has 8 heteroatoms. The Morgan fingerprint density at radius 3 is 2.59 bits per heavy atom. The van der Waals surface area contributed by atoms with Gasteiger partial charge in [0, 0.05) is 30.4 Å². The number of hydrogen-bond donors (Lipinski definition) is 2. The van der Waals surface area contributed by atoms with Gasteiger partial charge in [0.05, 0.1) is 0 Å². The minimum atomic E-state index is -0.266. The van der Waals surface area contributed by atoms with E-state index in [1.54, 1.807) is 0 Å². The summed E-state index contributed by atoms with van der Waals surface area (Å²) in [5.41, 5.74) is 4.91. The number of anilines is 2. The number of rotatable bonds is 4. The van der Waals surface area contributed by atoms with Crippen molar-refractivity contribution in [3.63, 3.8) is 0 Å². The third-order valence-electron chi connectivity index (χ3n) is 5.85. The number of piperidine rings is 1. The van der Waals surface area contributed by atoms with E-state index in [9.17, 15) is 9.59 Å². The number of carbonyl (C=O) groups is 2. The zero-order valence-electron chi connectivity index (χ0n) is 18.5. The molecule has 0 aliphatic carbocycles. The number of carbonyl (C=O) groups excluding carboxylic acids is 2. The molecule has 1 aliphatic heterocycles. The molecule has 7 nitrogen and oxygen atoms in total. The van der Waals surface area contributed by atoms with Crippen molar-refractivity contribution in [2.75, 3.05) is 23.7 Å². The van der Waals surface area contributed by atoms with E-state index in [4.69, 9.17) is 0 Å². The molecule has 0 radical (unpaired) electrons. The van der Waals surface area contributed by atoms with E-state index >= 15 is 0 Å². The minimum Gasteiger partial charge on any atom is -0.324 e. The van der Waals surface area contributed by atoms with E-state index in [1.807, 2.05) is 68.1 Å². The van der Waals surface area contributed by atoms with Crippen LogP contribution in [0.15, 0.2) is 42.5 Å². The second-order valence-corrected chi connectivity index (χ2v) is 9.24. The fourth-order valence-corrected chi connectivity index (χ4v) is 4.62. The van der Waals surface area contributed by atoms with Crippen LogP contribution in [0, 0.1) is 20.8 Å².